The molecule has 6 heteroatoms. The fourth-order valence-corrected chi connectivity index (χ4v) is 2.29. The van der Waals surface area contributed by atoms with Gasteiger partial charge in [0, 0.05) is 11.9 Å². The predicted octanol–water partition coefficient (Wildman–Crippen LogP) is 2.94. The van der Waals surface area contributed by atoms with Crippen LogP contribution < -0.4 is 10.1 Å². The van der Waals surface area contributed by atoms with Crippen molar-refractivity contribution in [3.05, 3.63) is 40.9 Å². The van der Waals surface area contributed by atoms with Crippen LogP contribution in [0.2, 0.25) is 0 Å². The van der Waals surface area contributed by atoms with Gasteiger partial charge in [-0.3, -0.25) is 0 Å². The molecule has 0 aliphatic rings. The summed E-state index contributed by atoms with van der Waals surface area (Å²) in [6, 6.07) is 7.77. The molecule has 20 heavy (non-hydrogen) atoms. The topological polar surface area (TPSA) is 60.5 Å². The quantitative estimate of drug-likeness (QED) is 0.829. The van der Waals surface area contributed by atoms with Crippen LogP contribution in [0.1, 0.15) is 23.0 Å². The van der Waals surface area contributed by atoms with Gasteiger partial charge in [-0.2, -0.15) is 0 Å². The van der Waals surface area contributed by atoms with Crippen LogP contribution in [0.25, 0.3) is 0 Å². The second-order valence-electron chi connectivity index (χ2n) is 3.96. The molecule has 1 N–H and O–H groups in total. The largest absolute Gasteiger partial charge is 0.497 e. The van der Waals surface area contributed by atoms with Crippen molar-refractivity contribution < 1.29 is 14.3 Å². The zero-order valence-corrected chi connectivity index (χ0v) is 12.2. The van der Waals surface area contributed by atoms with Crippen molar-refractivity contribution in [2.75, 3.05) is 19.0 Å². The number of thiazole rings is 1. The van der Waals surface area contributed by atoms with E-state index in [1.165, 1.54) is 11.3 Å². The SMILES string of the molecule is CCOC(=O)c1csc(NCc2cccc(OC)c2)n1. The van der Waals surface area contributed by atoms with Crippen molar-refractivity contribution in [3.8, 4) is 5.75 Å². The molecule has 0 radical (unpaired) electrons. The molecular weight excluding hydrogens is 276 g/mol. The van der Waals surface area contributed by atoms with Gasteiger partial charge in [0.15, 0.2) is 10.8 Å². The smallest absolute Gasteiger partial charge is 0.357 e. The lowest BCUT2D eigenvalue weighted by molar-refractivity contribution is 0.0520. The van der Waals surface area contributed by atoms with Crippen LogP contribution in [0.15, 0.2) is 29.6 Å². The molecule has 0 spiro atoms. The van der Waals surface area contributed by atoms with Crippen molar-refractivity contribution in [3.63, 3.8) is 0 Å². The van der Waals surface area contributed by atoms with Gasteiger partial charge in [0.05, 0.1) is 13.7 Å². The fraction of sp³-hybridized carbons (Fsp3) is 0.286. The lowest BCUT2D eigenvalue weighted by Crippen LogP contribution is -2.05. The Balaban J connectivity index is 1.95. The Hall–Kier alpha value is -2.08. The molecule has 0 aliphatic carbocycles. The van der Waals surface area contributed by atoms with Gasteiger partial charge < -0.3 is 14.8 Å². The number of nitrogens with one attached hydrogen (secondary N) is 1. The molecule has 5 nitrogen and oxygen atoms in total. The molecule has 0 amide bonds. The summed E-state index contributed by atoms with van der Waals surface area (Å²) >= 11 is 1.38. The molecule has 2 aromatic rings. The second-order valence-corrected chi connectivity index (χ2v) is 4.82. The Kier molecular flexibility index (Phi) is 4.95. The molecule has 106 valence electrons. The van der Waals surface area contributed by atoms with Crippen LogP contribution in [-0.4, -0.2) is 24.7 Å². The summed E-state index contributed by atoms with van der Waals surface area (Å²) in [5, 5.41) is 5.55. The number of carbonyl (C=O) groups is 1. The highest BCUT2D eigenvalue weighted by atomic mass is 32.1. The maximum atomic E-state index is 11.5. The second kappa shape index (κ2) is 6.91. The standard InChI is InChI=1S/C14H16N2O3S/c1-3-19-13(17)12-9-20-14(16-12)15-8-10-5-4-6-11(7-10)18-2/h4-7,9H,3,8H2,1-2H3,(H,15,16). The summed E-state index contributed by atoms with van der Waals surface area (Å²) in [5.74, 6) is 0.425. The van der Waals surface area contributed by atoms with E-state index in [9.17, 15) is 4.79 Å². The van der Waals surface area contributed by atoms with Crippen molar-refractivity contribution in [2.45, 2.75) is 13.5 Å². The first kappa shape index (κ1) is 14.3. The Morgan fingerprint density at radius 2 is 2.30 bits per heavy atom. The van der Waals surface area contributed by atoms with Gasteiger partial charge in [-0.1, -0.05) is 12.1 Å². The van der Waals surface area contributed by atoms with E-state index in [1.54, 1.807) is 19.4 Å². The van der Waals surface area contributed by atoms with E-state index >= 15 is 0 Å². The Bertz CT molecular complexity index is 583. The van der Waals surface area contributed by atoms with E-state index in [0.717, 1.165) is 11.3 Å². The van der Waals surface area contributed by atoms with Crippen molar-refractivity contribution in [1.82, 2.24) is 4.98 Å². The van der Waals surface area contributed by atoms with Crippen LogP contribution in [0.3, 0.4) is 0 Å². The summed E-state index contributed by atoms with van der Waals surface area (Å²) in [6.07, 6.45) is 0. The zero-order valence-electron chi connectivity index (χ0n) is 11.4. The molecule has 1 aromatic heterocycles. The van der Waals surface area contributed by atoms with Gasteiger partial charge in [-0.25, -0.2) is 9.78 Å². The van der Waals surface area contributed by atoms with Crippen molar-refractivity contribution in [1.29, 1.82) is 0 Å². The van der Waals surface area contributed by atoms with Gasteiger partial charge in [0.25, 0.3) is 0 Å². The molecule has 0 unspecified atom stereocenters. The fourth-order valence-electron chi connectivity index (χ4n) is 1.61. The highest BCUT2D eigenvalue weighted by molar-refractivity contribution is 7.13. The predicted molar refractivity (Wildman–Crippen MR) is 78.4 cm³/mol. The van der Waals surface area contributed by atoms with Gasteiger partial charge >= 0.3 is 5.97 Å². The summed E-state index contributed by atoms with van der Waals surface area (Å²) in [5.41, 5.74) is 1.42. The average Bonchev–Trinajstić information content (AvgIpc) is 2.94. The molecule has 1 aromatic carbocycles. The van der Waals surface area contributed by atoms with Crippen LogP contribution >= 0.6 is 11.3 Å². The normalized spacial score (nSPS) is 10.1. The van der Waals surface area contributed by atoms with E-state index in [-0.39, 0.29) is 0 Å². The summed E-state index contributed by atoms with van der Waals surface area (Å²) in [7, 11) is 1.64. The minimum Gasteiger partial charge on any atom is -0.497 e. The van der Waals surface area contributed by atoms with E-state index in [4.69, 9.17) is 9.47 Å². The van der Waals surface area contributed by atoms with E-state index in [1.807, 2.05) is 24.3 Å². The molecule has 0 bridgehead atoms. The lowest BCUT2D eigenvalue weighted by Gasteiger charge is -2.05. The summed E-state index contributed by atoms with van der Waals surface area (Å²) in [4.78, 5) is 15.7. The number of benzene rings is 1. The third-order valence-corrected chi connectivity index (χ3v) is 3.37. The van der Waals surface area contributed by atoms with Gasteiger partial charge in [-0.15, -0.1) is 11.3 Å². The number of carbonyl (C=O) groups excluding carboxylic acids is 1. The minimum atomic E-state index is -0.391. The van der Waals surface area contributed by atoms with Crippen molar-refractivity contribution >= 4 is 22.4 Å². The number of esters is 1. The van der Waals surface area contributed by atoms with E-state index in [0.29, 0.717) is 24.0 Å². The van der Waals surface area contributed by atoms with E-state index < -0.39 is 5.97 Å². The lowest BCUT2D eigenvalue weighted by atomic mass is 10.2. The molecule has 2 rings (SSSR count). The maximum absolute atomic E-state index is 11.5. The van der Waals surface area contributed by atoms with Crippen LogP contribution in [0.5, 0.6) is 5.75 Å². The molecule has 1 heterocycles. The van der Waals surface area contributed by atoms with Crippen LogP contribution in [0.4, 0.5) is 5.13 Å². The Morgan fingerprint density at radius 3 is 3.05 bits per heavy atom. The van der Waals surface area contributed by atoms with Crippen molar-refractivity contribution in [2.24, 2.45) is 0 Å². The Labute approximate surface area is 121 Å². The van der Waals surface area contributed by atoms with Crippen LogP contribution in [0, 0.1) is 0 Å². The first-order chi connectivity index (χ1) is 9.72. The highest BCUT2D eigenvalue weighted by Gasteiger charge is 2.11. The Morgan fingerprint density at radius 1 is 1.45 bits per heavy atom. The van der Waals surface area contributed by atoms with Gasteiger partial charge in [-0.05, 0) is 24.6 Å². The van der Waals surface area contributed by atoms with Crippen LogP contribution in [-0.2, 0) is 11.3 Å². The molecule has 0 aliphatic heterocycles. The highest BCUT2D eigenvalue weighted by Crippen LogP contribution is 2.18. The minimum absolute atomic E-state index is 0.338. The third-order valence-electron chi connectivity index (χ3n) is 2.57. The number of ether oxygens (including phenoxy) is 2. The van der Waals surface area contributed by atoms with Gasteiger partial charge in [0.1, 0.15) is 5.75 Å². The molecule has 0 fully saturated rings. The van der Waals surface area contributed by atoms with Gasteiger partial charge in [0.2, 0.25) is 0 Å². The monoisotopic (exact) mass is 292 g/mol. The number of rotatable bonds is 6. The average molecular weight is 292 g/mol. The summed E-state index contributed by atoms with van der Waals surface area (Å²) < 4.78 is 10.1. The van der Waals surface area contributed by atoms with E-state index in [2.05, 4.69) is 10.3 Å². The number of anilines is 1. The first-order valence-electron chi connectivity index (χ1n) is 6.22. The molecule has 0 saturated carbocycles. The molecule has 0 saturated heterocycles. The molecular formula is C14H16N2O3S. The number of hydrogen-bond acceptors (Lipinski definition) is 6. The number of aromatic nitrogens is 1. The number of nitrogens with zero attached hydrogens (tertiary/aromatic N) is 1. The zero-order chi connectivity index (χ0) is 14.4. The first-order valence-corrected chi connectivity index (χ1v) is 7.10. The summed E-state index contributed by atoms with van der Waals surface area (Å²) in [6.45, 7) is 2.74. The third kappa shape index (κ3) is 3.71. The number of hydrogen-bond donors (Lipinski definition) is 1. The number of methoxy groups -OCH3 is 1. The molecule has 0 atom stereocenters. The maximum Gasteiger partial charge on any atom is 0.357 e.